The number of hydrogen-bond acceptors (Lipinski definition) is 6. The Balaban J connectivity index is 2.04. The third-order valence-corrected chi connectivity index (χ3v) is 4.75. The van der Waals surface area contributed by atoms with Crippen molar-refractivity contribution in [2.75, 3.05) is 28.4 Å². The van der Waals surface area contributed by atoms with Crippen molar-refractivity contribution >= 4 is 11.7 Å². The van der Waals surface area contributed by atoms with Crippen LogP contribution < -0.4 is 18.9 Å². The lowest BCUT2D eigenvalue weighted by Crippen LogP contribution is -2.29. The van der Waals surface area contributed by atoms with Crippen LogP contribution in [0, 0.1) is 0 Å². The third-order valence-electron chi connectivity index (χ3n) is 4.75. The minimum absolute atomic E-state index is 0.306. The maximum atomic E-state index is 11.6. The van der Waals surface area contributed by atoms with Crippen molar-refractivity contribution in [1.82, 2.24) is 0 Å². The van der Waals surface area contributed by atoms with E-state index in [1.807, 2.05) is 30.3 Å². The van der Waals surface area contributed by atoms with Crippen LogP contribution in [0.15, 0.2) is 35.3 Å². The molecule has 7 heteroatoms. The number of carboxylic acid groups (broad SMARTS) is 1. The Morgan fingerprint density at radius 3 is 2.18 bits per heavy atom. The molecule has 2 aromatic carbocycles. The van der Waals surface area contributed by atoms with Gasteiger partial charge in [0, 0.05) is 24.1 Å². The molecule has 0 spiro atoms. The highest BCUT2D eigenvalue weighted by Gasteiger charge is 2.28. The number of aliphatic carboxylic acids is 1. The molecule has 0 bridgehead atoms. The summed E-state index contributed by atoms with van der Waals surface area (Å²) in [7, 11) is 6.28. The second-order valence-corrected chi connectivity index (χ2v) is 6.36. The topological polar surface area (TPSA) is 86.6 Å². The zero-order chi connectivity index (χ0) is 20.3. The van der Waals surface area contributed by atoms with Crippen molar-refractivity contribution in [1.29, 1.82) is 0 Å². The number of rotatable bonds is 7. The molecule has 0 amide bonds. The van der Waals surface area contributed by atoms with E-state index < -0.39 is 12.0 Å². The van der Waals surface area contributed by atoms with Crippen molar-refractivity contribution in [3.8, 4) is 23.0 Å². The summed E-state index contributed by atoms with van der Waals surface area (Å²) in [6.45, 7) is 0. The van der Waals surface area contributed by atoms with Crippen molar-refractivity contribution < 1.29 is 28.8 Å². The number of carbonyl (C=O) groups is 1. The molecule has 28 heavy (non-hydrogen) atoms. The molecule has 0 aliphatic carbocycles. The van der Waals surface area contributed by atoms with Crippen molar-refractivity contribution in [3.63, 3.8) is 0 Å². The van der Waals surface area contributed by atoms with Crippen LogP contribution in [-0.2, 0) is 17.6 Å². The number of aliphatic imine (C=N–C) groups is 1. The molecule has 0 saturated carbocycles. The first kappa shape index (κ1) is 19.5. The average molecular weight is 385 g/mol. The van der Waals surface area contributed by atoms with Gasteiger partial charge in [0.05, 0.1) is 28.4 Å². The molecule has 0 fully saturated rings. The van der Waals surface area contributed by atoms with Gasteiger partial charge in [-0.25, -0.2) is 4.79 Å². The highest BCUT2D eigenvalue weighted by molar-refractivity contribution is 6.06. The standard InChI is InChI=1S/C21H23NO6/c1-25-17-6-5-12(8-18(17)26-2)7-15-14-11-20(28-4)19(27-3)10-13(14)9-16(22-15)21(23)24/h5-6,8,10-11,16H,7,9H2,1-4H3,(H,23,24)/t16-/m1/s1. The van der Waals surface area contributed by atoms with Crippen LogP contribution in [0.3, 0.4) is 0 Å². The Hall–Kier alpha value is -3.22. The fourth-order valence-corrected chi connectivity index (χ4v) is 3.34. The first-order chi connectivity index (χ1) is 13.5. The van der Waals surface area contributed by atoms with Crippen molar-refractivity contribution in [3.05, 3.63) is 47.0 Å². The lowest BCUT2D eigenvalue weighted by Gasteiger charge is -2.23. The number of benzene rings is 2. The van der Waals surface area contributed by atoms with E-state index in [0.29, 0.717) is 41.6 Å². The highest BCUT2D eigenvalue weighted by Crippen LogP contribution is 2.35. The van der Waals surface area contributed by atoms with E-state index in [1.54, 1.807) is 28.4 Å². The van der Waals surface area contributed by atoms with Gasteiger partial charge in [0.15, 0.2) is 29.0 Å². The van der Waals surface area contributed by atoms with Gasteiger partial charge in [-0.15, -0.1) is 0 Å². The van der Waals surface area contributed by atoms with E-state index in [4.69, 9.17) is 18.9 Å². The lowest BCUT2D eigenvalue weighted by molar-refractivity contribution is -0.138. The van der Waals surface area contributed by atoms with Gasteiger partial charge in [-0.1, -0.05) is 6.07 Å². The molecule has 0 aromatic heterocycles. The van der Waals surface area contributed by atoms with Crippen LogP contribution in [0.4, 0.5) is 0 Å². The molecule has 0 unspecified atom stereocenters. The number of fused-ring (bicyclic) bond motifs is 1. The van der Waals surface area contributed by atoms with Crippen molar-refractivity contribution in [2.24, 2.45) is 4.99 Å². The highest BCUT2D eigenvalue weighted by atomic mass is 16.5. The molecular formula is C21H23NO6. The van der Waals surface area contributed by atoms with Crippen LogP contribution in [0.1, 0.15) is 16.7 Å². The van der Waals surface area contributed by atoms with Gasteiger partial charge in [-0.2, -0.15) is 0 Å². The number of methoxy groups -OCH3 is 4. The van der Waals surface area contributed by atoms with E-state index >= 15 is 0 Å². The minimum atomic E-state index is -0.953. The molecule has 148 valence electrons. The third kappa shape index (κ3) is 3.74. The summed E-state index contributed by atoms with van der Waals surface area (Å²) < 4.78 is 21.4. The summed E-state index contributed by atoms with van der Waals surface area (Å²) >= 11 is 0. The van der Waals surface area contributed by atoms with Gasteiger partial charge < -0.3 is 24.1 Å². The number of nitrogens with zero attached hydrogens (tertiary/aromatic N) is 1. The van der Waals surface area contributed by atoms with Gasteiger partial charge in [0.2, 0.25) is 0 Å². The van der Waals surface area contributed by atoms with Gasteiger partial charge in [0.25, 0.3) is 0 Å². The summed E-state index contributed by atoms with van der Waals surface area (Å²) in [6, 6.07) is 8.45. The second-order valence-electron chi connectivity index (χ2n) is 6.36. The Labute approximate surface area is 163 Å². The number of carboxylic acids is 1. The minimum Gasteiger partial charge on any atom is -0.493 e. The Bertz CT molecular complexity index is 921. The summed E-state index contributed by atoms with van der Waals surface area (Å²) in [5.41, 5.74) is 3.35. The summed E-state index contributed by atoms with van der Waals surface area (Å²) in [5, 5.41) is 9.53. The first-order valence-corrected chi connectivity index (χ1v) is 8.76. The summed E-state index contributed by atoms with van der Waals surface area (Å²) in [4.78, 5) is 16.1. The zero-order valence-electron chi connectivity index (χ0n) is 16.3. The van der Waals surface area contributed by atoms with Crippen LogP contribution >= 0.6 is 0 Å². The maximum absolute atomic E-state index is 11.6. The smallest absolute Gasteiger partial charge is 0.328 e. The molecule has 1 aliphatic heterocycles. The predicted molar refractivity (Wildman–Crippen MR) is 104 cm³/mol. The second kappa shape index (κ2) is 8.21. The van der Waals surface area contributed by atoms with Crippen LogP contribution in [0.25, 0.3) is 0 Å². The Kier molecular flexibility index (Phi) is 5.73. The van der Waals surface area contributed by atoms with Gasteiger partial charge in [-0.05, 0) is 35.4 Å². The summed E-state index contributed by atoms with van der Waals surface area (Å²) in [5.74, 6) is 1.43. The SMILES string of the molecule is COc1ccc(CC2=N[C@@H](C(=O)O)Cc3cc(OC)c(OC)cc32)cc1OC. The normalized spacial score (nSPS) is 15.3. The molecule has 1 N–H and O–H groups in total. The quantitative estimate of drug-likeness (QED) is 0.789. The van der Waals surface area contributed by atoms with Crippen molar-refractivity contribution in [2.45, 2.75) is 18.9 Å². The van der Waals surface area contributed by atoms with E-state index in [1.165, 1.54) is 0 Å². The molecule has 2 aromatic rings. The lowest BCUT2D eigenvalue weighted by atomic mass is 9.90. The monoisotopic (exact) mass is 385 g/mol. The van der Waals surface area contributed by atoms with Crippen LogP contribution in [0.2, 0.25) is 0 Å². The fourth-order valence-electron chi connectivity index (χ4n) is 3.34. The first-order valence-electron chi connectivity index (χ1n) is 8.76. The van der Waals surface area contributed by atoms with E-state index in [0.717, 1.165) is 16.7 Å². The predicted octanol–water partition coefficient (Wildman–Crippen LogP) is 2.76. The molecule has 3 rings (SSSR count). The Morgan fingerprint density at radius 2 is 1.57 bits per heavy atom. The maximum Gasteiger partial charge on any atom is 0.328 e. The number of hydrogen-bond donors (Lipinski definition) is 1. The van der Waals surface area contributed by atoms with Gasteiger partial charge in [0.1, 0.15) is 0 Å². The molecule has 0 saturated heterocycles. The van der Waals surface area contributed by atoms with Crippen LogP contribution in [0.5, 0.6) is 23.0 Å². The van der Waals surface area contributed by atoms with Crippen LogP contribution in [-0.4, -0.2) is 51.3 Å². The number of ether oxygens (including phenoxy) is 4. The van der Waals surface area contributed by atoms with E-state index in [2.05, 4.69) is 4.99 Å². The largest absolute Gasteiger partial charge is 0.493 e. The molecule has 1 heterocycles. The average Bonchev–Trinajstić information content (AvgIpc) is 2.72. The van der Waals surface area contributed by atoms with E-state index in [9.17, 15) is 9.90 Å². The zero-order valence-corrected chi connectivity index (χ0v) is 16.3. The van der Waals surface area contributed by atoms with Gasteiger partial charge in [-0.3, -0.25) is 4.99 Å². The molecule has 1 aliphatic rings. The molecule has 7 nitrogen and oxygen atoms in total. The van der Waals surface area contributed by atoms with E-state index in [-0.39, 0.29) is 0 Å². The molecular weight excluding hydrogens is 362 g/mol. The van der Waals surface area contributed by atoms with Gasteiger partial charge >= 0.3 is 5.97 Å². The fraction of sp³-hybridized carbons (Fsp3) is 0.333. The Morgan fingerprint density at radius 1 is 0.964 bits per heavy atom. The molecule has 0 radical (unpaired) electrons. The summed E-state index contributed by atoms with van der Waals surface area (Å²) in [6.07, 6.45) is 0.757. The molecule has 1 atom stereocenters.